The molecule has 90 valence electrons. The van der Waals surface area contributed by atoms with Crippen LogP contribution in [-0.4, -0.2) is 26.4 Å². The minimum absolute atomic E-state index is 0.476. The Kier molecular flexibility index (Phi) is 4.44. The van der Waals surface area contributed by atoms with Crippen LogP contribution in [0, 0.1) is 0 Å². The summed E-state index contributed by atoms with van der Waals surface area (Å²) in [6.45, 7) is 1.66. The van der Waals surface area contributed by atoms with Gasteiger partial charge in [-0.2, -0.15) is 0 Å². The average molecular weight is 291 g/mol. The van der Waals surface area contributed by atoms with Gasteiger partial charge in [-0.05, 0) is 13.0 Å². The molecule has 0 heterocycles. The zero-order valence-corrected chi connectivity index (χ0v) is 11.3. The van der Waals surface area contributed by atoms with Gasteiger partial charge in [0.1, 0.15) is 0 Å². The van der Waals surface area contributed by atoms with Crippen molar-refractivity contribution in [1.82, 2.24) is 0 Å². The van der Waals surface area contributed by atoms with Crippen LogP contribution in [0.3, 0.4) is 0 Å². The molecule has 1 unspecified atom stereocenters. The molecular formula is C11H15BrO4. The van der Waals surface area contributed by atoms with E-state index in [4.69, 9.17) is 14.2 Å². The highest BCUT2D eigenvalue weighted by Crippen LogP contribution is 2.46. The molecule has 5 heteroatoms. The zero-order chi connectivity index (χ0) is 12.3. The van der Waals surface area contributed by atoms with Crippen molar-refractivity contribution in [2.45, 2.75) is 13.0 Å². The summed E-state index contributed by atoms with van der Waals surface area (Å²) in [6, 6.07) is 1.74. The van der Waals surface area contributed by atoms with Gasteiger partial charge in [0, 0.05) is 10.0 Å². The van der Waals surface area contributed by atoms with Gasteiger partial charge in [0.2, 0.25) is 5.75 Å². The Morgan fingerprint density at radius 2 is 1.69 bits per heavy atom. The van der Waals surface area contributed by atoms with Crippen LogP contribution in [0.2, 0.25) is 0 Å². The van der Waals surface area contributed by atoms with Gasteiger partial charge in [0.05, 0.1) is 27.4 Å². The van der Waals surface area contributed by atoms with Crippen molar-refractivity contribution in [3.8, 4) is 17.2 Å². The standard InChI is InChI=1S/C11H15BrO4/c1-6(13)9-7(12)5-8(14-2)10(15-3)11(9)16-4/h5-6,13H,1-4H3. The van der Waals surface area contributed by atoms with E-state index in [1.165, 1.54) is 14.2 Å². The van der Waals surface area contributed by atoms with E-state index in [1.807, 2.05) is 0 Å². The van der Waals surface area contributed by atoms with Crippen LogP contribution in [0.4, 0.5) is 0 Å². The molecule has 1 aromatic rings. The summed E-state index contributed by atoms with van der Waals surface area (Å²) in [4.78, 5) is 0. The summed E-state index contributed by atoms with van der Waals surface area (Å²) in [6.07, 6.45) is -0.663. The molecule has 0 bridgehead atoms. The Balaban J connectivity index is 3.51. The molecule has 0 aliphatic heterocycles. The second kappa shape index (κ2) is 5.41. The van der Waals surface area contributed by atoms with Gasteiger partial charge in [-0.3, -0.25) is 0 Å². The lowest BCUT2D eigenvalue weighted by Gasteiger charge is -2.18. The largest absolute Gasteiger partial charge is 0.493 e. The summed E-state index contributed by atoms with van der Waals surface area (Å²) >= 11 is 3.37. The van der Waals surface area contributed by atoms with Gasteiger partial charge in [-0.1, -0.05) is 15.9 Å². The lowest BCUT2D eigenvalue weighted by Crippen LogP contribution is -2.02. The van der Waals surface area contributed by atoms with Gasteiger partial charge < -0.3 is 19.3 Å². The normalized spacial score (nSPS) is 12.1. The highest BCUT2D eigenvalue weighted by atomic mass is 79.9. The lowest BCUT2D eigenvalue weighted by molar-refractivity contribution is 0.191. The van der Waals surface area contributed by atoms with Gasteiger partial charge in [0.25, 0.3) is 0 Å². The smallest absolute Gasteiger partial charge is 0.203 e. The lowest BCUT2D eigenvalue weighted by atomic mass is 10.1. The number of aliphatic hydroxyl groups is 1. The van der Waals surface area contributed by atoms with E-state index in [0.29, 0.717) is 22.8 Å². The van der Waals surface area contributed by atoms with Crippen molar-refractivity contribution < 1.29 is 19.3 Å². The second-order valence-electron chi connectivity index (χ2n) is 3.22. The SMILES string of the molecule is COc1cc(Br)c(C(C)O)c(OC)c1OC. The van der Waals surface area contributed by atoms with Crippen LogP contribution < -0.4 is 14.2 Å². The summed E-state index contributed by atoms with van der Waals surface area (Å²) in [7, 11) is 4.60. The highest BCUT2D eigenvalue weighted by molar-refractivity contribution is 9.10. The van der Waals surface area contributed by atoms with E-state index in [2.05, 4.69) is 15.9 Å². The predicted molar refractivity (Wildman–Crippen MR) is 64.4 cm³/mol. The first-order valence-electron chi connectivity index (χ1n) is 4.73. The molecule has 0 aliphatic carbocycles. The maximum absolute atomic E-state index is 9.69. The number of halogens is 1. The Hall–Kier alpha value is -0.940. The molecule has 0 saturated carbocycles. The van der Waals surface area contributed by atoms with Crippen molar-refractivity contribution in [1.29, 1.82) is 0 Å². The highest BCUT2D eigenvalue weighted by Gasteiger charge is 2.22. The van der Waals surface area contributed by atoms with Crippen LogP contribution in [0.5, 0.6) is 17.2 Å². The first-order valence-corrected chi connectivity index (χ1v) is 5.52. The van der Waals surface area contributed by atoms with Crippen LogP contribution in [0.25, 0.3) is 0 Å². The third kappa shape index (κ3) is 2.25. The van der Waals surface area contributed by atoms with Crippen LogP contribution in [0.1, 0.15) is 18.6 Å². The summed E-state index contributed by atoms with van der Waals surface area (Å²) in [5.41, 5.74) is 0.639. The summed E-state index contributed by atoms with van der Waals surface area (Å²) < 4.78 is 16.4. The molecule has 0 saturated heterocycles. The molecule has 1 rings (SSSR count). The fourth-order valence-corrected chi connectivity index (χ4v) is 2.26. The number of hydrogen-bond donors (Lipinski definition) is 1. The summed E-state index contributed by atoms with van der Waals surface area (Å²) in [5, 5.41) is 9.69. The number of aliphatic hydroxyl groups excluding tert-OH is 1. The van der Waals surface area contributed by atoms with Crippen LogP contribution in [0.15, 0.2) is 10.5 Å². The number of ether oxygens (including phenoxy) is 3. The Morgan fingerprint density at radius 3 is 2.06 bits per heavy atom. The van der Waals surface area contributed by atoms with Crippen LogP contribution in [-0.2, 0) is 0 Å². The number of hydrogen-bond acceptors (Lipinski definition) is 4. The van der Waals surface area contributed by atoms with Crippen LogP contribution >= 0.6 is 15.9 Å². The molecular weight excluding hydrogens is 276 g/mol. The second-order valence-corrected chi connectivity index (χ2v) is 4.07. The molecule has 4 nitrogen and oxygen atoms in total. The number of rotatable bonds is 4. The monoisotopic (exact) mass is 290 g/mol. The molecule has 0 aliphatic rings. The van der Waals surface area contributed by atoms with Gasteiger partial charge in [-0.25, -0.2) is 0 Å². The molecule has 0 fully saturated rings. The third-order valence-electron chi connectivity index (χ3n) is 2.24. The van der Waals surface area contributed by atoms with Crippen molar-refractivity contribution >= 4 is 15.9 Å². The fourth-order valence-electron chi connectivity index (χ4n) is 1.54. The Bertz CT molecular complexity index is 377. The molecule has 0 radical (unpaired) electrons. The first kappa shape index (κ1) is 13.1. The van der Waals surface area contributed by atoms with E-state index in [1.54, 1.807) is 20.1 Å². The number of methoxy groups -OCH3 is 3. The molecule has 1 aromatic carbocycles. The topological polar surface area (TPSA) is 47.9 Å². The quantitative estimate of drug-likeness (QED) is 0.926. The van der Waals surface area contributed by atoms with Gasteiger partial charge >= 0.3 is 0 Å². The number of benzene rings is 1. The van der Waals surface area contributed by atoms with Crippen molar-refractivity contribution in [2.24, 2.45) is 0 Å². The Labute approximate surface area is 103 Å². The average Bonchev–Trinajstić information content (AvgIpc) is 2.26. The van der Waals surface area contributed by atoms with Gasteiger partial charge in [-0.15, -0.1) is 0 Å². The predicted octanol–water partition coefficient (Wildman–Crippen LogP) is 2.53. The Morgan fingerprint density at radius 1 is 1.12 bits per heavy atom. The molecule has 16 heavy (non-hydrogen) atoms. The van der Waals surface area contributed by atoms with Crippen molar-refractivity contribution in [3.63, 3.8) is 0 Å². The van der Waals surface area contributed by atoms with E-state index >= 15 is 0 Å². The minimum Gasteiger partial charge on any atom is -0.493 e. The fraction of sp³-hybridized carbons (Fsp3) is 0.455. The maximum Gasteiger partial charge on any atom is 0.203 e. The van der Waals surface area contributed by atoms with E-state index in [-0.39, 0.29) is 0 Å². The molecule has 0 amide bonds. The van der Waals surface area contributed by atoms with Crippen molar-refractivity contribution in [3.05, 3.63) is 16.1 Å². The minimum atomic E-state index is -0.663. The van der Waals surface area contributed by atoms with Gasteiger partial charge in [0.15, 0.2) is 11.5 Å². The molecule has 0 spiro atoms. The van der Waals surface area contributed by atoms with E-state index < -0.39 is 6.10 Å². The molecule has 1 atom stereocenters. The molecule has 1 N–H and O–H groups in total. The summed E-state index contributed by atoms with van der Waals surface area (Å²) in [5.74, 6) is 1.50. The van der Waals surface area contributed by atoms with E-state index in [0.717, 1.165) is 4.47 Å². The maximum atomic E-state index is 9.69. The van der Waals surface area contributed by atoms with E-state index in [9.17, 15) is 5.11 Å². The first-order chi connectivity index (χ1) is 7.56. The third-order valence-corrected chi connectivity index (χ3v) is 2.89. The zero-order valence-electron chi connectivity index (χ0n) is 9.70. The molecule has 0 aromatic heterocycles. The van der Waals surface area contributed by atoms with Crippen molar-refractivity contribution in [2.75, 3.05) is 21.3 Å².